The number of aliphatic hydroxyl groups is 1. The van der Waals surface area contributed by atoms with Gasteiger partial charge in [-0.1, -0.05) is 6.07 Å². The topological polar surface area (TPSA) is 136 Å². The summed E-state index contributed by atoms with van der Waals surface area (Å²) in [6, 6.07) is 4.91. The highest BCUT2D eigenvalue weighted by molar-refractivity contribution is 7.21. The van der Waals surface area contributed by atoms with E-state index in [0.29, 0.717) is 31.5 Å². The third-order valence-corrected chi connectivity index (χ3v) is 7.56. The molecule has 38 heavy (non-hydrogen) atoms. The molecule has 0 aliphatic carbocycles. The Morgan fingerprint density at radius 3 is 2.58 bits per heavy atom. The summed E-state index contributed by atoms with van der Waals surface area (Å²) in [4.78, 5) is 17.5. The lowest BCUT2D eigenvalue weighted by molar-refractivity contribution is -0.286. The third-order valence-electron chi connectivity index (χ3n) is 6.44. The van der Waals surface area contributed by atoms with Crippen LogP contribution in [0, 0.1) is 0 Å². The zero-order valence-electron chi connectivity index (χ0n) is 19.5. The van der Waals surface area contributed by atoms with E-state index in [-0.39, 0.29) is 50.7 Å². The lowest BCUT2D eigenvalue weighted by Crippen LogP contribution is -2.44. The summed E-state index contributed by atoms with van der Waals surface area (Å²) < 4.78 is 76.7. The molecule has 0 spiro atoms. The lowest BCUT2D eigenvalue weighted by Gasteiger charge is -2.34. The van der Waals surface area contributed by atoms with Crippen molar-refractivity contribution in [3.8, 4) is 11.5 Å². The van der Waals surface area contributed by atoms with Crippen molar-refractivity contribution in [2.24, 2.45) is 5.73 Å². The van der Waals surface area contributed by atoms with Gasteiger partial charge in [0.05, 0.1) is 17.4 Å². The van der Waals surface area contributed by atoms with Gasteiger partial charge < -0.3 is 36.3 Å². The Kier molecular flexibility index (Phi) is 6.47. The van der Waals surface area contributed by atoms with Crippen LogP contribution in [0.3, 0.4) is 0 Å². The van der Waals surface area contributed by atoms with Gasteiger partial charge in [0.15, 0.2) is 11.5 Å². The van der Waals surface area contributed by atoms with Crippen LogP contribution in [0.2, 0.25) is 0 Å². The number of rotatable bonds is 6. The summed E-state index contributed by atoms with van der Waals surface area (Å²) >= 11 is 0.722. The second-order valence-electron chi connectivity index (χ2n) is 8.97. The number of thiophene rings is 1. The van der Waals surface area contributed by atoms with Crippen molar-refractivity contribution in [1.29, 1.82) is 0 Å². The summed E-state index contributed by atoms with van der Waals surface area (Å²) in [6.07, 6.45) is -8.40. The number of halogens is 5. The second-order valence-corrected chi connectivity index (χ2v) is 9.97. The fraction of sp³-hybridized carbons (Fsp3) is 0.391. The minimum absolute atomic E-state index is 0.0222. The number of ether oxygens (including phenoxy) is 2. The summed E-state index contributed by atoms with van der Waals surface area (Å²) in [7, 11) is 0. The average molecular weight is 560 g/mol. The van der Waals surface area contributed by atoms with E-state index in [4.69, 9.17) is 11.5 Å². The summed E-state index contributed by atoms with van der Waals surface area (Å²) in [5.41, 5.74) is 10.1. The smallest absolute Gasteiger partial charge is 0.397 e. The van der Waals surface area contributed by atoms with Gasteiger partial charge in [-0.05, 0) is 36.6 Å². The molecular weight excluding hydrogens is 537 g/mol. The van der Waals surface area contributed by atoms with E-state index in [9.17, 15) is 31.9 Å². The molecule has 0 saturated carbocycles. The molecule has 2 aliphatic heterocycles. The van der Waals surface area contributed by atoms with E-state index in [1.807, 2.05) is 0 Å². The molecule has 6 N–H and O–H groups in total. The monoisotopic (exact) mass is 559 g/mol. The number of hydrogen-bond acceptors (Lipinski definition) is 9. The molecule has 15 heteroatoms. The van der Waals surface area contributed by atoms with Crippen LogP contribution in [0.5, 0.6) is 11.5 Å². The van der Waals surface area contributed by atoms with Crippen molar-refractivity contribution in [3.63, 3.8) is 0 Å². The van der Waals surface area contributed by atoms with Crippen LogP contribution >= 0.6 is 11.3 Å². The van der Waals surface area contributed by atoms with Crippen LogP contribution in [-0.4, -0.2) is 48.0 Å². The van der Waals surface area contributed by atoms with Gasteiger partial charge in [0.25, 0.3) is 5.91 Å². The first-order valence-corrected chi connectivity index (χ1v) is 12.3. The number of primary amides is 1. The van der Waals surface area contributed by atoms with Crippen molar-refractivity contribution in [2.45, 2.75) is 37.5 Å². The van der Waals surface area contributed by atoms with Crippen LogP contribution < -0.4 is 31.2 Å². The number of amides is 1. The molecule has 1 atom stereocenters. The number of nitrogens with zero attached hydrogens (tertiary/aromatic N) is 2. The van der Waals surface area contributed by atoms with Gasteiger partial charge >= 0.3 is 12.5 Å². The lowest BCUT2D eigenvalue weighted by atomic mass is 10.0. The predicted octanol–water partition coefficient (Wildman–Crippen LogP) is 3.61. The molecule has 1 amide bonds. The number of carbonyl (C=O) groups is 1. The molecule has 4 heterocycles. The fourth-order valence-corrected chi connectivity index (χ4v) is 5.53. The van der Waals surface area contributed by atoms with Gasteiger partial charge in [-0.2, -0.15) is 13.2 Å². The quantitative estimate of drug-likeness (QED) is 0.337. The molecule has 5 rings (SSSR count). The molecular formula is C23H22F5N5O4S. The van der Waals surface area contributed by atoms with Gasteiger partial charge in [-0.25, -0.2) is 4.98 Å². The SMILES string of the molecule is NC(=O)c1sc2nc(N3CCC(NCC(O)c4ccc5c(c4)OC(F)(F)O5)CC3)cc(C(F)(F)F)c2c1N. The van der Waals surface area contributed by atoms with E-state index >= 15 is 0 Å². The molecule has 1 fully saturated rings. The Morgan fingerprint density at radius 2 is 1.92 bits per heavy atom. The molecule has 1 saturated heterocycles. The van der Waals surface area contributed by atoms with Crippen LogP contribution in [0.4, 0.5) is 33.5 Å². The highest BCUT2D eigenvalue weighted by Gasteiger charge is 2.43. The zero-order chi connectivity index (χ0) is 27.4. The number of nitrogens with one attached hydrogen (secondary N) is 1. The number of fused-ring (bicyclic) bond motifs is 2. The van der Waals surface area contributed by atoms with E-state index in [0.717, 1.165) is 17.4 Å². The van der Waals surface area contributed by atoms with E-state index in [1.165, 1.54) is 18.2 Å². The number of aromatic nitrogens is 1. The van der Waals surface area contributed by atoms with Crippen LogP contribution in [0.15, 0.2) is 24.3 Å². The number of alkyl halides is 5. The Balaban J connectivity index is 1.24. The maximum absolute atomic E-state index is 13.8. The predicted molar refractivity (Wildman–Crippen MR) is 128 cm³/mol. The third kappa shape index (κ3) is 5.00. The number of benzene rings is 1. The maximum Gasteiger partial charge on any atom is 0.586 e. The highest BCUT2D eigenvalue weighted by Crippen LogP contribution is 2.44. The summed E-state index contributed by atoms with van der Waals surface area (Å²) in [5, 5.41) is 13.4. The second kappa shape index (κ2) is 9.39. The molecule has 9 nitrogen and oxygen atoms in total. The number of nitrogens with two attached hydrogens (primary N) is 2. The molecule has 3 aromatic rings. The molecule has 2 aliphatic rings. The molecule has 0 radical (unpaired) electrons. The minimum Gasteiger partial charge on any atom is -0.397 e. The molecule has 1 unspecified atom stereocenters. The number of pyridine rings is 1. The van der Waals surface area contributed by atoms with Gasteiger partial charge in [0.1, 0.15) is 15.5 Å². The van der Waals surface area contributed by atoms with Crippen LogP contribution in [0.25, 0.3) is 10.2 Å². The Hall–Kier alpha value is -3.43. The number of piperidine rings is 1. The minimum atomic E-state index is -4.72. The number of nitrogen functional groups attached to an aromatic ring is 1. The normalized spacial score (nSPS) is 18.2. The van der Waals surface area contributed by atoms with Crippen molar-refractivity contribution >= 4 is 39.0 Å². The van der Waals surface area contributed by atoms with Crippen molar-refractivity contribution in [1.82, 2.24) is 10.3 Å². The van der Waals surface area contributed by atoms with Gasteiger partial charge in [-0.15, -0.1) is 20.1 Å². The van der Waals surface area contributed by atoms with E-state index < -0.39 is 30.0 Å². The fourth-order valence-electron chi connectivity index (χ4n) is 4.56. The summed E-state index contributed by atoms with van der Waals surface area (Å²) in [5.74, 6) is -1.11. The number of anilines is 2. The zero-order valence-corrected chi connectivity index (χ0v) is 20.3. The van der Waals surface area contributed by atoms with Crippen LogP contribution in [-0.2, 0) is 6.18 Å². The number of hydrogen-bond donors (Lipinski definition) is 4. The van der Waals surface area contributed by atoms with Gasteiger partial charge in [0.2, 0.25) is 0 Å². The first-order chi connectivity index (χ1) is 17.8. The summed E-state index contributed by atoms with van der Waals surface area (Å²) in [6.45, 7) is 0.881. The molecule has 2 aromatic heterocycles. The standard InChI is InChI=1S/C23H22F5N5O4S/c24-22(25,26)12-8-16(32-21-17(12)18(29)19(38-21)20(30)35)33-5-3-11(4-6-33)31-9-13(34)10-1-2-14-15(7-10)37-23(27,28)36-14/h1-2,7-8,11,13,31,34H,3-6,9,29H2,(H2,30,35). The first-order valence-electron chi connectivity index (χ1n) is 11.5. The van der Waals surface area contributed by atoms with Gasteiger partial charge in [-0.3, -0.25) is 4.79 Å². The average Bonchev–Trinajstić information content (AvgIpc) is 3.35. The van der Waals surface area contributed by atoms with Crippen LogP contribution in [0.1, 0.15) is 39.7 Å². The number of aliphatic hydroxyl groups excluding tert-OH is 1. The van der Waals surface area contributed by atoms with Crippen molar-refractivity contribution < 1.29 is 41.3 Å². The maximum atomic E-state index is 13.8. The molecule has 0 bridgehead atoms. The highest BCUT2D eigenvalue weighted by atomic mass is 32.1. The number of carbonyl (C=O) groups excluding carboxylic acids is 1. The first kappa shape index (κ1) is 26.2. The molecule has 204 valence electrons. The van der Waals surface area contributed by atoms with E-state index in [2.05, 4.69) is 19.8 Å². The van der Waals surface area contributed by atoms with E-state index in [1.54, 1.807) is 4.90 Å². The Labute approximate surface area is 216 Å². The molecule has 1 aromatic carbocycles. The van der Waals surface area contributed by atoms with Crippen molar-refractivity contribution in [3.05, 3.63) is 40.3 Å². The van der Waals surface area contributed by atoms with Gasteiger partial charge in [0, 0.05) is 31.1 Å². The Morgan fingerprint density at radius 1 is 1.24 bits per heavy atom. The van der Waals surface area contributed by atoms with Crippen molar-refractivity contribution in [2.75, 3.05) is 30.3 Å². The Bertz CT molecular complexity index is 1390. The largest absolute Gasteiger partial charge is 0.586 e.